The first kappa shape index (κ1) is 60.0. The Kier molecular flexibility index (Phi) is 20.1. The highest BCUT2D eigenvalue weighted by atomic mass is 16.6. The highest BCUT2D eigenvalue weighted by Gasteiger charge is 2.42. The van der Waals surface area contributed by atoms with E-state index in [2.05, 4.69) is 55.2 Å². The number of rotatable bonds is 22. The summed E-state index contributed by atoms with van der Waals surface area (Å²) in [5.74, 6) is -4.49. The van der Waals surface area contributed by atoms with Gasteiger partial charge >= 0.3 is 23.9 Å². The van der Waals surface area contributed by atoms with E-state index in [1.807, 2.05) is 39.0 Å². The molecule has 1 saturated carbocycles. The molecule has 410 valence electrons. The summed E-state index contributed by atoms with van der Waals surface area (Å²) in [4.78, 5) is 106. The molecule has 16 heteroatoms. The Bertz CT molecular complexity index is 2940. The third-order valence-corrected chi connectivity index (χ3v) is 13.6. The van der Waals surface area contributed by atoms with E-state index in [0.717, 1.165) is 12.0 Å². The minimum Gasteiger partial charge on any atom is -0.462 e. The summed E-state index contributed by atoms with van der Waals surface area (Å²) < 4.78 is 21.7. The molecule has 5 rings (SSSR count). The number of hydrogen-bond donors (Lipinski definition) is 4. The molecule has 16 nitrogen and oxygen atoms in total. The van der Waals surface area contributed by atoms with Gasteiger partial charge in [-0.2, -0.15) is 0 Å². The summed E-state index contributed by atoms with van der Waals surface area (Å²) in [5, 5.41) is 11.8. The van der Waals surface area contributed by atoms with Crippen molar-refractivity contribution < 1.29 is 57.3 Å². The molecule has 1 aliphatic carbocycles. The Morgan fingerprint density at radius 1 is 0.649 bits per heavy atom. The number of esters is 4. The van der Waals surface area contributed by atoms with Gasteiger partial charge in [-0.3, -0.25) is 19.2 Å². The van der Waals surface area contributed by atoms with Crippen LogP contribution in [0.4, 0.5) is 5.69 Å². The Labute approximate surface area is 452 Å². The molecule has 4 N–H and O–H groups in total. The number of nitrogens with one attached hydrogen (secondary N) is 4. The summed E-state index contributed by atoms with van der Waals surface area (Å²) >= 11 is 0. The Balaban J connectivity index is 1.39. The van der Waals surface area contributed by atoms with E-state index < -0.39 is 53.3 Å². The van der Waals surface area contributed by atoms with Crippen LogP contribution in [0, 0.1) is 17.8 Å². The third kappa shape index (κ3) is 16.6. The molecule has 4 atom stereocenters. The van der Waals surface area contributed by atoms with Crippen molar-refractivity contribution >= 4 is 53.2 Å². The topological polar surface area (TPSA) is 222 Å². The van der Waals surface area contributed by atoms with Crippen LogP contribution in [0.5, 0.6) is 0 Å². The maximum absolute atomic E-state index is 14.5. The smallest absolute Gasteiger partial charge is 0.338 e. The number of carbonyl (C=O) groups is 8. The molecule has 77 heavy (non-hydrogen) atoms. The Hall–Kier alpha value is -7.88. The second-order valence-electron chi connectivity index (χ2n) is 21.9. The van der Waals surface area contributed by atoms with Gasteiger partial charge in [0.1, 0.15) is 12.2 Å². The van der Waals surface area contributed by atoms with E-state index in [1.165, 1.54) is 33.0 Å². The predicted octanol–water partition coefficient (Wildman–Crippen LogP) is 9.79. The second-order valence-corrected chi connectivity index (χ2v) is 21.9. The summed E-state index contributed by atoms with van der Waals surface area (Å²) in [6.07, 6.45) is 1.36. The number of aryl methyl sites for hydroxylation is 1. The van der Waals surface area contributed by atoms with E-state index in [0.29, 0.717) is 36.1 Å². The van der Waals surface area contributed by atoms with Crippen molar-refractivity contribution in [2.24, 2.45) is 10.8 Å². The Morgan fingerprint density at radius 3 is 1.66 bits per heavy atom. The molecule has 0 radical (unpaired) electrons. The molecule has 4 aromatic rings. The minimum absolute atomic E-state index is 0.00565. The molecule has 0 spiro atoms. The molecule has 4 amide bonds. The zero-order valence-corrected chi connectivity index (χ0v) is 46.3. The zero-order chi connectivity index (χ0) is 57.0. The lowest BCUT2D eigenvalue weighted by molar-refractivity contribution is -0.144. The van der Waals surface area contributed by atoms with Gasteiger partial charge in [-0.05, 0) is 130 Å². The van der Waals surface area contributed by atoms with Gasteiger partial charge in [-0.25, -0.2) is 19.2 Å². The van der Waals surface area contributed by atoms with Gasteiger partial charge in [0.2, 0.25) is 0 Å². The average molecular weight is 1060 g/mol. The molecule has 4 aromatic carbocycles. The zero-order valence-electron chi connectivity index (χ0n) is 46.3. The van der Waals surface area contributed by atoms with Crippen LogP contribution in [0.25, 0.3) is 0 Å². The summed E-state index contributed by atoms with van der Waals surface area (Å²) in [6.45, 7) is 25.8. The molecule has 1 fully saturated rings. The molecular weight excluding hydrogens is 981 g/mol. The van der Waals surface area contributed by atoms with Gasteiger partial charge in [0, 0.05) is 65.9 Å². The van der Waals surface area contributed by atoms with Gasteiger partial charge in [0.05, 0.1) is 35.5 Å². The van der Waals surface area contributed by atoms with E-state index in [4.69, 9.17) is 18.9 Å². The van der Waals surface area contributed by atoms with Crippen LogP contribution in [0.15, 0.2) is 109 Å². The standard InChI is InChI=1S/C61H74N4O12/c1-36(2)55(70)76-39(6)24-26-74-57(72)47-22-20-43(30-49(47)53(68)62-13)60(10,11)44-21-23-48(58(73)75-27-25-40(7)77-56(71)37(3)4)50(31-44)54(69)64-45-19-15-18-42(29-45)52(67)65-46-32-59(8,9)34-61(12,33-46)35-63-51(66)41-17-14-16-38(5)28-41/h14-23,28-31,39-40,46H,1,3,24-27,32-35H2,2,4-13H3,(H,62,68)(H,63,66)(H,64,69)(H,65,67). The summed E-state index contributed by atoms with van der Waals surface area (Å²) in [5.41, 5.74) is 2.15. The quantitative estimate of drug-likeness (QED) is 0.0328. The van der Waals surface area contributed by atoms with Gasteiger partial charge in [-0.1, -0.05) is 83.7 Å². The first-order valence-corrected chi connectivity index (χ1v) is 25.8. The van der Waals surface area contributed by atoms with Crippen molar-refractivity contribution in [2.75, 3.05) is 32.1 Å². The average Bonchev–Trinajstić information content (AvgIpc) is 3.36. The number of ether oxygens (including phenoxy) is 4. The van der Waals surface area contributed by atoms with Crippen molar-refractivity contribution in [3.8, 4) is 0 Å². The van der Waals surface area contributed by atoms with Gasteiger partial charge < -0.3 is 40.2 Å². The summed E-state index contributed by atoms with van der Waals surface area (Å²) in [6, 6.07) is 23.1. The first-order chi connectivity index (χ1) is 36.1. The molecule has 0 aliphatic heterocycles. The van der Waals surface area contributed by atoms with E-state index >= 15 is 0 Å². The molecule has 0 bridgehead atoms. The van der Waals surface area contributed by atoms with Crippen LogP contribution < -0.4 is 21.3 Å². The third-order valence-electron chi connectivity index (χ3n) is 13.6. The van der Waals surface area contributed by atoms with Crippen LogP contribution in [0.1, 0.15) is 173 Å². The molecule has 4 unspecified atom stereocenters. The van der Waals surface area contributed by atoms with Crippen molar-refractivity contribution in [2.45, 2.75) is 125 Å². The SMILES string of the molecule is C=C(C)C(=O)OC(C)CCOC(=O)c1ccc(C(C)(C)c2ccc(C(=O)OCCC(C)OC(=O)C(=C)C)c(C(=O)Nc3cccc(C(=O)NC4CC(C)(C)CC(C)(CNC(=O)c5cccc(C)c5)C4)c3)c2)cc1C(=O)NC. The van der Waals surface area contributed by atoms with Crippen molar-refractivity contribution in [3.63, 3.8) is 0 Å². The fourth-order valence-electron chi connectivity index (χ4n) is 9.63. The van der Waals surface area contributed by atoms with Crippen molar-refractivity contribution in [1.82, 2.24) is 16.0 Å². The number of amides is 4. The maximum Gasteiger partial charge on any atom is 0.338 e. The lowest BCUT2D eigenvalue weighted by atomic mass is 9.62. The lowest BCUT2D eigenvalue weighted by Crippen LogP contribution is -2.50. The normalized spacial score (nSPS) is 16.5. The Morgan fingerprint density at radius 2 is 1.16 bits per heavy atom. The number of anilines is 1. The van der Waals surface area contributed by atoms with E-state index in [1.54, 1.807) is 68.4 Å². The van der Waals surface area contributed by atoms with E-state index in [9.17, 15) is 38.4 Å². The van der Waals surface area contributed by atoms with Crippen molar-refractivity contribution in [1.29, 1.82) is 0 Å². The molecule has 0 aromatic heterocycles. The predicted molar refractivity (Wildman–Crippen MR) is 294 cm³/mol. The summed E-state index contributed by atoms with van der Waals surface area (Å²) in [7, 11) is 1.43. The second kappa shape index (κ2) is 25.8. The van der Waals surface area contributed by atoms with Crippen LogP contribution >= 0.6 is 0 Å². The highest BCUT2D eigenvalue weighted by molar-refractivity contribution is 6.12. The van der Waals surface area contributed by atoms with Crippen LogP contribution in [0.3, 0.4) is 0 Å². The minimum atomic E-state index is -0.970. The molecule has 0 heterocycles. The fourth-order valence-corrected chi connectivity index (χ4v) is 9.63. The largest absolute Gasteiger partial charge is 0.462 e. The fraction of sp³-hybridized carbons (Fsp3) is 0.410. The van der Waals surface area contributed by atoms with Crippen LogP contribution in [0.2, 0.25) is 0 Å². The molecule has 1 aliphatic rings. The van der Waals surface area contributed by atoms with Crippen LogP contribution in [-0.4, -0.2) is 92.6 Å². The molecular formula is C61H74N4O12. The maximum atomic E-state index is 14.5. The van der Waals surface area contributed by atoms with Crippen molar-refractivity contribution in [3.05, 3.63) is 159 Å². The molecule has 0 saturated heterocycles. The monoisotopic (exact) mass is 1050 g/mol. The number of benzene rings is 4. The lowest BCUT2D eigenvalue weighted by Gasteiger charge is -2.47. The number of hydrogen-bond acceptors (Lipinski definition) is 12. The van der Waals surface area contributed by atoms with Gasteiger partial charge in [-0.15, -0.1) is 0 Å². The first-order valence-electron chi connectivity index (χ1n) is 25.8. The highest BCUT2D eigenvalue weighted by Crippen LogP contribution is 2.46. The van der Waals surface area contributed by atoms with Gasteiger partial charge in [0.25, 0.3) is 23.6 Å². The van der Waals surface area contributed by atoms with Crippen LogP contribution in [-0.2, 0) is 34.0 Å². The number of carbonyl (C=O) groups excluding carboxylic acids is 8. The van der Waals surface area contributed by atoms with E-state index in [-0.39, 0.29) is 99.4 Å². The van der Waals surface area contributed by atoms with Gasteiger partial charge in [0.15, 0.2) is 0 Å².